The van der Waals surface area contributed by atoms with E-state index in [1.807, 2.05) is 42.5 Å². The van der Waals surface area contributed by atoms with Gasteiger partial charge in [-0.15, -0.1) is 0 Å². The van der Waals surface area contributed by atoms with Crippen LogP contribution in [0.3, 0.4) is 0 Å². The van der Waals surface area contributed by atoms with Crippen LogP contribution < -0.4 is 0 Å². The molecule has 2 nitrogen and oxygen atoms in total. The van der Waals surface area contributed by atoms with Gasteiger partial charge in [0.15, 0.2) is 0 Å². The molecule has 0 aliphatic heterocycles. The lowest BCUT2D eigenvalue weighted by molar-refractivity contribution is 0.107. The van der Waals surface area contributed by atoms with Gasteiger partial charge in [0.05, 0.1) is 13.2 Å². The number of rotatable bonds is 4. The second kappa shape index (κ2) is 5.64. The summed E-state index contributed by atoms with van der Waals surface area (Å²) in [6, 6.07) is 13.8. The highest BCUT2D eigenvalue weighted by Gasteiger charge is 1.96. The second-order valence-corrected chi connectivity index (χ2v) is 3.85. The van der Waals surface area contributed by atoms with Gasteiger partial charge in [-0.25, -0.2) is 4.98 Å². The summed E-state index contributed by atoms with van der Waals surface area (Å²) in [7, 11) is 0. The van der Waals surface area contributed by atoms with Crippen LogP contribution in [0.1, 0.15) is 11.1 Å². The van der Waals surface area contributed by atoms with Gasteiger partial charge in [0.1, 0.15) is 5.15 Å². The maximum atomic E-state index is 5.77. The van der Waals surface area contributed by atoms with Gasteiger partial charge in [-0.05, 0) is 23.3 Å². The Morgan fingerprint density at radius 2 is 1.75 bits per heavy atom. The van der Waals surface area contributed by atoms with Gasteiger partial charge in [-0.1, -0.05) is 41.9 Å². The van der Waals surface area contributed by atoms with E-state index in [1.54, 1.807) is 6.20 Å². The van der Waals surface area contributed by atoms with Gasteiger partial charge in [0, 0.05) is 6.20 Å². The molecule has 0 bridgehead atoms. The molecular weight excluding hydrogens is 222 g/mol. The lowest BCUT2D eigenvalue weighted by Crippen LogP contribution is -1.94. The maximum absolute atomic E-state index is 5.77. The molecule has 1 aromatic carbocycles. The number of nitrogens with zero attached hydrogens (tertiary/aromatic N) is 1. The minimum absolute atomic E-state index is 0.501. The Labute approximate surface area is 99.9 Å². The summed E-state index contributed by atoms with van der Waals surface area (Å²) in [6.45, 7) is 1.16. The molecule has 2 aromatic rings. The summed E-state index contributed by atoms with van der Waals surface area (Å²) >= 11 is 5.77. The molecule has 0 saturated heterocycles. The highest BCUT2D eigenvalue weighted by atomic mass is 35.5. The molecule has 3 heteroatoms. The molecule has 0 radical (unpaired) electrons. The zero-order valence-electron chi connectivity index (χ0n) is 8.77. The van der Waals surface area contributed by atoms with Crippen molar-refractivity contribution in [3.8, 4) is 0 Å². The second-order valence-electron chi connectivity index (χ2n) is 3.47. The summed E-state index contributed by atoms with van der Waals surface area (Å²) in [5.74, 6) is 0. The van der Waals surface area contributed by atoms with E-state index >= 15 is 0 Å². The zero-order chi connectivity index (χ0) is 11.2. The quantitative estimate of drug-likeness (QED) is 0.755. The third kappa shape index (κ3) is 3.33. The smallest absolute Gasteiger partial charge is 0.129 e. The number of hydrogen-bond donors (Lipinski definition) is 0. The van der Waals surface area contributed by atoms with Crippen LogP contribution in [0.5, 0.6) is 0 Å². The molecule has 1 heterocycles. The normalized spacial score (nSPS) is 10.3. The lowest BCUT2D eigenvalue weighted by atomic mass is 10.2. The standard InChI is InChI=1S/C13H12ClNO/c14-13-8-12(6-7-15-13)10-16-9-11-4-2-1-3-5-11/h1-8H,9-10H2. The van der Waals surface area contributed by atoms with Crippen LogP contribution in [0.15, 0.2) is 48.7 Å². The largest absolute Gasteiger partial charge is 0.372 e. The van der Waals surface area contributed by atoms with E-state index in [9.17, 15) is 0 Å². The molecule has 0 aliphatic rings. The van der Waals surface area contributed by atoms with E-state index in [4.69, 9.17) is 16.3 Å². The molecule has 82 valence electrons. The van der Waals surface area contributed by atoms with Crippen molar-refractivity contribution in [1.29, 1.82) is 0 Å². The predicted octanol–water partition coefficient (Wildman–Crippen LogP) is 3.45. The summed E-state index contributed by atoms with van der Waals surface area (Å²) in [6.07, 6.45) is 1.68. The Morgan fingerprint density at radius 1 is 1.00 bits per heavy atom. The lowest BCUT2D eigenvalue weighted by Gasteiger charge is -2.04. The highest BCUT2D eigenvalue weighted by molar-refractivity contribution is 6.29. The first-order valence-corrected chi connectivity index (χ1v) is 5.44. The van der Waals surface area contributed by atoms with Crippen LogP contribution in [0.4, 0.5) is 0 Å². The van der Waals surface area contributed by atoms with E-state index in [2.05, 4.69) is 4.98 Å². The van der Waals surface area contributed by atoms with Crippen LogP contribution >= 0.6 is 11.6 Å². The molecule has 0 spiro atoms. The summed E-state index contributed by atoms with van der Waals surface area (Å²) in [4.78, 5) is 3.92. The number of halogens is 1. The van der Waals surface area contributed by atoms with Crippen LogP contribution in [0, 0.1) is 0 Å². The van der Waals surface area contributed by atoms with Gasteiger partial charge in [0.25, 0.3) is 0 Å². The molecule has 0 N–H and O–H groups in total. The van der Waals surface area contributed by atoms with Crippen molar-refractivity contribution in [2.75, 3.05) is 0 Å². The molecule has 16 heavy (non-hydrogen) atoms. The number of pyridine rings is 1. The highest BCUT2D eigenvalue weighted by Crippen LogP contribution is 2.09. The first kappa shape index (κ1) is 11.1. The first-order chi connectivity index (χ1) is 7.84. The number of hydrogen-bond acceptors (Lipinski definition) is 2. The predicted molar refractivity (Wildman–Crippen MR) is 64.2 cm³/mol. The molecule has 0 unspecified atom stereocenters. The van der Waals surface area contributed by atoms with Gasteiger partial charge < -0.3 is 4.74 Å². The summed E-state index contributed by atoms with van der Waals surface area (Å²) in [5, 5.41) is 0.501. The number of ether oxygens (including phenoxy) is 1. The van der Waals surface area contributed by atoms with Crippen LogP contribution in [-0.4, -0.2) is 4.98 Å². The minimum atomic E-state index is 0.501. The molecule has 2 rings (SSSR count). The fourth-order valence-electron chi connectivity index (χ4n) is 1.39. The molecular formula is C13H12ClNO. The Kier molecular flexibility index (Phi) is 3.91. The van der Waals surface area contributed by atoms with E-state index in [0.717, 1.165) is 5.56 Å². The molecule has 0 fully saturated rings. The Bertz CT molecular complexity index is 445. The fraction of sp³-hybridized carbons (Fsp3) is 0.154. The van der Waals surface area contributed by atoms with Crippen LogP contribution in [0.25, 0.3) is 0 Å². The summed E-state index contributed by atoms with van der Waals surface area (Å²) in [5.41, 5.74) is 2.21. The van der Waals surface area contributed by atoms with Gasteiger partial charge in [-0.3, -0.25) is 0 Å². The van der Waals surface area contributed by atoms with E-state index in [1.165, 1.54) is 5.56 Å². The van der Waals surface area contributed by atoms with Crippen LogP contribution in [0.2, 0.25) is 5.15 Å². The number of benzene rings is 1. The molecule has 1 aromatic heterocycles. The third-order valence-corrected chi connectivity index (χ3v) is 2.38. The summed E-state index contributed by atoms with van der Waals surface area (Å²) < 4.78 is 5.57. The maximum Gasteiger partial charge on any atom is 0.129 e. The molecule has 0 saturated carbocycles. The van der Waals surface area contributed by atoms with Gasteiger partial charge >= 0.3 is 0 Å². The Balaban J connectivity index is 1.85. The van der Waals surface area contributed by atoms with Gasteiger partial charge in [-0.2, -0.15) is 0 Å². The van der Waals surface area contributed by atoms with Crippen LogP contribution in [-0.2, 0) is 18.0 Å². The van der Waals surface area contributed by atoms with Crippen molar-refractivity contribution in [3.63, 3.8) is 0 Å². The monoisotopic (exact) mass is 233 g/mol. The Hall–Kier alpha value is -1.38. The molecule has 0 atom stereocenters. The Morgan fingerprint density at radius 3 is 2.50 bits per heavy atom. The number of aromatic nitrogens is 1. The van der Waals surface area contributed by atoms with Crippen molar-refractivity contribution in [2.24, 2.45) is 0 Å². The van der Waals surface area contributed by atoms with Gasteiger partial charge in [0.2, 0.25) is 0 Å². The van der Waals surface area contributed by atoms with Crippen molar-refractivity contribution < 1.29 is 4.74 Å². The topological polar surface area (TPSA) is 22.1 Å². The van der Waals surface area contributed by atoms with Crippen molar-refractivity contribution in [2.45, 2.75) is 13.2 Å². The minimum Gasteiger partial charge on any atom is -0.372 e. The van der Waals surface area contributed by atoms with Crippen molar-refractivity contribution in [3.05, 3.63) is 64.9 Å². The average molecular weight is 234 g/mol. The van der Waals surface area contributed by atoms with E-state index in [0.29, 0.717) is 18.4 Å². The van der Waals surface area contributed by atoms with Crippen molar-refractivity contribution >= 4 is 11.6 Å². The molecule has 0 aliphatic carbocycles. The van der Waals surface area contributed by atoms with E-state index < -0.39 is 0 Å². The zero-order valence-corrected chi connectivity index (χ0v) is 9.52. The van der Waals surface area contributed by atoms with E-state index in [-0.39, 0.29) is 0 Å². The first-order valence-electron chi connectivity index (χ1n) is 5.07. The van der Waals surface area contributed by atoms with Crippen molar-refractivity contribution in [1.82, 2.24) is 4.98 Å². The SMILES string of the molecule is Clc1cc(COCc2ccccc2)ccn1. The average Bonchev–Trinajstić information content (AvgIpc) is 2.30. The fourth-order valence-corrected chi connectivity index (χ4v) is 1.59. The molecule has 0 amide bonds. The third-order valence-electron chi connectivity index (χ3n) is 2.17.